The second-order valence-electron chi connectivity index (χ2n) is 5.33. The Morgan fingerprint density at radius 2 is 2.06 bits per heavy atom. The van der Waals surface area contributed by atoms with Crippen molar-refractivity contribution in [3.05, 3.63) is 24.0 Å². The smallest absolute Gasteiger partial charge is 0.227 e. The fourth-order valence-corrected chi connectivity index (χ4v) is 1.91. The van der Waals surface area contributed by atoms with Crippen LogP contribution < -0.4 is 4.90 Å². The van der Waals surface area contributed by atoms with Gasteiger partial charge in [0.15, 0.2) is 0 Å². The van der Waals surface area contributed by atoms with E-state index in [4.69, 9.17) is 0 Å². The van der Waals surface area contributed by atoms with Crippen molar-refractivity contribution in [1.82, 2.24) is 4.98 Å². The van der Waals surface area contributed by atoms with Crippen LogP contribution in [0.5, 0.6) is 0 Å². The molecule has 1 aromatic heterocycles. The first-order chi connectivity index (χ1) is 7.48. The van der Waals surface area contributed by atoms with Gasteiger partial charge in [-0.1, -0.05) is 20.8 Å². The van der Waals surface area contributed by atoms with Crippen LogP contribution in [0.4, 0.5) is 5.69 Å². The first-order valence-electron chi connectivity index (χ1n) is 5.74. The zero-order chi connectivity index (χ0) is 11.8. The molecule has 0 N–H and O–H groups in total. The number of hydrogen-bond acceptors (Lipinski definition) is 2. The van der Waals surface area contributed by atoms with Crippen LogP contribution in [0.2, 0.25) is 0 Å². The van der Waals surface area contributed by atoms with E-state index < -0.39 is 0 Å². The van der Waals surface area contributed by atoms with Crippen molar-refractivity contribution < 1.29 is 4.79 Å². The van der Waals surface area contributed by atoms with Gasteiger partial charge in [-0.3, -0.25) is 9.78 Å². The lowest BCUT2D eigenvalue weighted by Gasteiger charge is -2.22. The van der Waals surface area contributed by atoms with Crippen molar-refractivity contribution in [2.24, 2.45) is 0 Å². The maximum atomic E-state index is 11.6. The number of rotatable bonds is 1. The highest BCUT2D eigenvalue weighted by molar-refractivity contribution is 5.95. The van der Waals surface area contributed by atoms with Crippen molar-refractivity contribution in [3.8, 4) is 0 Å². The molecule has 0 atom stereocenters. The molecule has 0 aliphatic carbocycles. The van der Waals surface area contributed by atoms with E-state index >= 15 is 0 Å². The van der Waals surface area contributed by atoms with E-state index in [0.717, 1.165) is 18.7 Å². The number of hydrogen-bond donors (Lipinski definition) is 0. The number of aromatic nitrogens is 1. The molecule has 0 bridgehead atoms. The Balaban J connectivity index is 2.32. The van der Waals surface area contributed by atoms with Gasteiger partial charge < -0.3 is 4.90 Å². The van der Waals surface area contributed by atoms with Gasteiger partial charge in [0, 0.05) is 19.2 Å². The molecular formula is C13H18N2O. The highest BCUT2D eigenvalue weighted by atomic mass is 16.2. The van der Waals surface area contributed by atoms with Crippen molar-refractivity contribution in [2.45, 2.75) is 39.0 Å². The lowest BCUT2D eigenvalue weighted by molar-refractivity contribution is -0.117. The van der Waals surface area contributed by atoms with Crippen LogP contribution >= 0.6 is 0 Å². The topological polar surface area (TPSA) is 33.2 Å². The van der Waals surface area contributed by atoms with Crippen LogP contribution in [-0.4, -0.2) is 17.4 Å². The summed E-state index contributed by atoms with van der Waals surface area (Å²) >= 11 is 0. The second kappa shape index (κ2) is 3.89. The number of carbonyl (C=O) groups is 1. The van der Waals surface area contributed by atoms with E-state index in [9.17, 15) is 4.79 Å². The minimum absolute atomic E-state index is 0.0752. The van der Waals surface area contributed by atoms with Crippen LogP contribution in [-0.2, 0) is 10.2 Å². The molecule has 1 aliphatic heterocycles. The number of anilines is 1. The Morgan fingerprint density at radius 3 is 2.62 bits per heavy atom. The molecule has 0 unspecified atom stereocenters. The molecule has 2 rings (SSSR count). The molecule has 0 aromatic carbocycles. The quantitative estimate of drug-likeness (QED) is 0.725. The van der Waals surface area contributed by atoms with Crippen LogP contribution in [0.15, 0.2) is 18.5 Å². The van der Waals surface area contributed by atoms with Gasteiger partial charge in [-0.15, -0.1) is 0 Å². The summed E-state index contributed by atoms with van der Waals surface area (Å²) < 4.78 is 0. The predicted octanol–water partition coefficient (Wildman–Crippen LogP) is 2.51. The fraction of sp³-hybridized carbons (Fsp3) is 0.538. The van der Waals surface area contributed by atoms with Gasteiger partial charge in [0.25, 0.3) is 0 Å². The maximum Gasteiger partial charge on any atom is 0.227 e. The Morgan fingerprint density at radius 1 is 1.31 bits per heavy atom. The van der Waals surface area contributed by atoms with Crippen LogP contribution in [0, 0.1) is 0 Å². The van der Waals surface area contributed by atoms with Crippen molar-refractivity contribution in [1.29, 1.82) is 0 Å². The molecule has 0 radical (unpaired) electrons. The van der Waals surface area contributed by atoms with E-state index in [-0.39, 0.29) is 11.3 Å². The van der Waals surface area contributed by atoms with Gasteiger partial charge in [0.2, 0.25) is 5.91 Å². The van der Waals surface area contributed by atoms with Gasteiger partial charge in [0.05, 0.1) is 11.9 Å². The molecule has 1 saturated heterocycles. The Bertz CT molecular complexity index is 407. The lowest BCUT2D eigenvalue weighted by atomic mass is 9.88. The summed E-state index contributed by atoms with van der Waals surface area (Å²) in [6.07, 6.45) is 5.28. The number of nitrogens with zero attached hydrogens (tertiary/aromatic N) is 2. The largest absolute Gasteiger partial charge is 0.311 e. The normalized spacial score (nSPS) is 16.9. The highest BCUT2D eigenvalue weighted by Gasteiger charge is 2.23. The number of carbonyl (C=O) groups excluding carboxylic acids is 1. The summed E-state index contributed by atoms with van der Waals surface area (Å²) in [5.74, 6) is 0.216. The van der Waals surface area contributed by atoms with Gasteiger partial charge in [0.1, 0.15) is 0 Å². The average molecular weight is 218 g/mol. The zero-order valence-corrected chi connectivity index (χ0v) is 10.2. The minimum atomic E-state index is 0.0752. The highest BCUT2D eigenvalue weighted by Crippen LogP contribution is 2.27. The summed E-state index contributed by atoms with van der Waals surface area (Å²) in [5, 5.41) is 0. The molecule has 1 aliphatic rings. The van der Waals surface area contributed by atoms with E-state index in [1.165, 1.54) is 5.56 Å². The SMILES string of the molecule is CC(C)(C)c1cncc(N2CCCC2=O)c1. The van der Waals surface area contributed by atoms with E-state index in [1.54, 1.807) is 6.20 Å². The number of amides is 1. The maximum absolute atomic E-state index is 11.6. The number of pyridine rings is 1. The molecule has 2 heterocycles. The van der Waals surface area contributed by atoms with E-state index in [0.29, 0.717) is 6.42 Å². The van der Waals surface area contributed by atoms with Gasteiger partial charge >= 0.3 is 0 Å². The van der Waals surface area contributed by atoms with E-state index in [1.807, 2.05) is 11.1 Å². The summed E-state index contributed by atoms with van der Waals surface area (Å²) in [6, 6.07) is 2.08. The standard InChI is InChI=1S/C13H18N2O/c1-13(2,3)10-7-11(9-14-8-10)15-6-4-5-12(15)16/h7-9H,4-6H2,1-3H3. The molecule has 3 nitrogen and oxygen atoms in total. The summed E-state index contributed by atoms with van der Waals surface area (Å²) in [7, 11) is 0. The fourth-order valence-electron chi connectivity index (χ4n) is 1.91. The third-order valence-electron chi connectivity index (χ3n) is 2.97. The van der Waals surface area contributed by atoms with Crippen LogP contribution in [0.25, 0.3) is 0 Å². The predicted molar refractivity (Wildman–Crippen MR) is 64.5 cm³/mol. The van der Waals surface area contributed by atoms with E-state index in [2.05, 4.69) is 31.8 Å². The van der Waals surface area contributed by atoms with Crippen LogP contribution in [0.3, 0.4) is 0 Å². The molecule has 0 saturated carbocycles. The molecule has 1 aromatic rings. The third-order valence-corrected chi connectivity index (χ3v) is 2.97. The molecular weight excluding hydrogens is 200 g/mol. The first-order valence-corrected chi connectivity index (χ1v) is 5.74. The van der Waals surface area contributed by atoms with Crippen molar-refractivity contribution in [3.63, 3.8) is 0 Å². The molecule has 1 fully saturated rings. The zero-order valence-electron chi connectivity index (χ0n) is 10.2. The Labute approximate surface area is 96.5 Å². The van der Waals surface area contributed by atoms with Gasteiger partial charge in [-0.05, 0) is 23.5 Å². The molecule has 86 valence electrons. The molecule has 3 heteroatoms. The third kappa shape index (κ3) is 2.08. The first kappa shape index (κ1) is 11.1. The summed E-state index contributed by atoms with van der Waals surface area (Å²) in [6.45, 7) is 7.28. The molecule has 1 amide bonds. The van der Waals surface area contributed by atoms with Crippen molar-refractivity contribution in [2.75, 3.05) is 11.4 Å². The van der Waals surface area contributed by atoms with Crippen LogP contribution in [0.1, 0.15) is 39.2 Å². The van der Waals surface area contributed by atoms with Gasteiger partial charge in [-0.2, -0.15) is 0 Å². The summed E-state index contributed by atoms with van der Waals surface area (Å²) in [5.41, 5.74) is 2.19. The second-order valence-corrected chi connectivity index (χ2v) is 5.33. The van der Waals surface area contributed by atoms with Crippen molar-refractivity contribution >= 4 is 11.6 Å². The van der Waals surface area contributed by atoms with Gasteiger partial charge in [-0.25, -0.2) is 0 Å². The average Bonchev–Trinajstić information content (AvgIpc) is 2.63. The lowest BCUT2D eigenvalue weighted by Crippen LogP contribution is -2.24. The minimum Gasteiger partial charge on any atom is -0.311 e. The monoisotopic (exact) mass is 218 g/mol. The summed E-state index contributed by atoms with van der Waals surface area (Å²) in [4.78, 5) is 17.7. The molecule has 0 spiro atoms. The Kier molecular flexibility index (Phi) is 2.70. The molecule has 16 heavy (non-hydrogen) atoms. The Hall–Kier alpha value is -1.38.